The summed E-state index contributed by atoms with van der Waals surface area (Å²) >= 11 is 0. The number of nitrogens with one attached hydrogen (secondary N) is 2. The molecule has 0 aliphatic rings. The number of para-hydroxylation sites is 1. The van der Waals surface area contributed by atoms with Crippen molar-refractivity contribution in [2.75, 3.05) is 39.6 Å². The summed E-state index contributed by atoms with van der Waals surface area (Å²) in [5.74, 6) is 0.136. The number of benzene rings is 1. The van der Waals surface area contributed by atoms with E-state index < -0.39 is 5.97 Å². The van der Waals surface area contributed by atoms with Crippen LogP contribution < -0.4 is 10.6 Å². The number of carbonyl (C=O) groups excluding carboxylic acids is 2. The van der Waals surface area contributed by atoms with Gasteiger partial charge in [0, 0.05) is 19.2 Å². The maximum absolute atomic E-state index is 12.3. The number of hydrogen-bond acceptors (Lipinski definition) is 7. The van der Waals surface area contributed by atoms with Crippen molar-refractivity contribution < 1.29 is 14.3 Å². The first kappa shape index (κ1) is 19.3. The third-order valence-corrected chi connectivity index (χ3v) is 3.51. The Morgan fingerprint density at radius 1 is 1.19 bits per heavy atom. The van der Waals surface area contributed by atoms with E-state index in [2.05, 4.69) is 20.6 Å². The topological polar surface area (TPSA) is 96.4 Å². The fourth-order valence-electron chi connectivity index (χ4n) is 2.25. The zero-order valence-electron chi connectivity index (χ0n) is 15.4. The molecule has 0 saturated heterocycles. The van der Waals surface area contributed by atoms with Crippen LogP contribution in [0.1, 0.15) is 26.7 Å². The Hall–Kier alpha value is -3.00. The zero-order valence-corrected chi connectivity index (χ0v) is 15.4. The minimum Gasteiger partial charge on any atom is -0.465 e. The summed E-state index contributed by atoms with van der Waals surface area (Å²) in [5.41, 5.74) is 1.17. The Kier molecular flexibility index (Phi) is 6.62. The summed E-state index contributed by atoms with van der Waals surface area (Å²) in [7, 11) is 5.19. The third kappa shape index (κ3) is 5.25. The molecule has 138 valence electrons. The maximum atomic E-state index is 12.3. The second kappa shape index (κ2) is 8.91. The predicted molar refractivity (Wildman–Crippen MR) is 98.7 cm³/mol. The van der Waals surface area contributed by atoms with Gasteiger partial charge in [-0.1, -0.05) is 12.1 Å². The lowest BCUT2D eigenvalue weighted by Crippen LogP contribution is -2.32. The van der Waals surface area contributed by atoms with E-state index in [1.165, 1.54) is 7.11 Å². The van der Waals surface area contributed by atoms with Gasteiger partial charge < -0.3 is 20.3 Å². The lowest BCUT2D eigenvalue weighted by molar-refractivity contribution is 0.0601. The van der Waals surface area contributed by atoms with E-state index in [0.29, 0.717) is 29.4 Å². The summed E-state index contributed by atoms with van der Waals surface area (Å²) < 4.78 is 4.78. The number of ether oxygens (including phenoxy) is 1. The van der Waals surface area contributed by atoms with Gasteiger partial charge >= 0.3 is 5.97 Å². The van der Waals surface area contributed by atoms with Crippen LogP contribution in [0.4, 0.5) is 11.5 Å². The van der Waals surface area contributed by atoms with Crippen molar-refractivity contribution >= 4 is 23.4 Å². The van der Waals surface area contributed by atoms with E-state index in [-0.39, 0.29) is 11.6 Å². The van der Waals surface area contributed by atoms with Crippen LogP contribution in [-0.4, -0.2) is 61.0 Å². The van der Waals surface area contributed by atoms with E-state index >= 15 is 0 Å². The molecule has 0 unspecified atom stereocenters. The van der Waals surface area contributed by atoms with Gasteiger partial charge in [-0.2, -0.15) is 0 Å². The number of hydrogen-bond donors (Lipinski definition) is 2. The molecule has 2 N–H and O–H groups in total. The van der Waals surface area contributed by atoms with Crippen LogP contribution in [0.5, 0.6) is 0 Å². The average Bonchev–Trinajstić information content (AvgIpc) is 2.60. The van der Waals surface area contributed by atoms with Crippen molar-refractivity contribution in [1.82, 2.24) is 20.2 Å². The molecule has 8 heteroatoms. The number of esters is 1. The van der Waals surface area contributed by atoms with E-state index in [4.69, 9.17) is 4.74 Å². The Bertz CT molecular complexity index is 792. The highest BCUT2D eigenvalue weighted by molar-refractivity contribution is 5.97. The van der Waals surface area contributed by atoms with Crippen LogP contribution in [0.25, 0.3) is 0 Å². The van der Waals surface area contributed by atoms with Crippen molar-refractivity contribution in [3.8, 4) is 0 Å². The van der Waals surface area contributed by atoms with Crippen molar-refractivity contribution in [2.45, 2.75) is 6.92 Å². The minimum absolute atomic E-state index is 0.259. The van der Waals surface area contributed by atoms with E-state index in [9.17, 15) is 9.59 Å². The van der Waals surface area contributed by atoms with Crippen molar-refractivity contribution in [2.24, 2.45) is 0 Å². The van der Waals surface area contributed by atoms with Crippen LogP contribution in [0, 0.1) is 6.92 Å². The van der Waals surface area contributed by atoms with Gasteiger partial charge in [-0.05, 0) is 33.2 Å². The van der Waals surface area contributed by atoms with Crippen LogP contribution in [0.15, 0.2) is 30.3 Å². The average molecular weight is 357 g/mol. The summed E-state index contributed by atoms with van der Waals surface area (Å²) in [5, 5.41) is 5.87. The standard InChI is InChI=1S/C18H23N5O3/c1-12-20-15(17(24)19-9-10-23(2)3)11-16(21-12)22-14-8-6-5-7-13(14)18(25)26-4/h5-8,11H,9-10H2,1-4H3,(H,19,24)(H,20,21,22). The monoisotopic (exact) mass is 357 g/mol. The van der Waals surface area contributed by atoms with Gasteiger partial charge in [-0.3, -0.25) is 4.79 Å². The van der Waals surface area contributed by atoms with Gasteiger partial charge in [0.2, 0.25) is 0 Å². The smallest absolute Gasteiger partial charge is 0.339 e. The fraction of sp³-hybridized carbons (Fsp3) is 0.333. The van der Waals surface area contributed by atoms with Gasteiger partial charge in [0.05, 0.1) is 18.4 Å². The molecule has 0 radical (unpaired) electrons. The number of amides is 1. The van der Waals surface area contributed by atoms with Crippen molar-refractivity contribution in [3.63, 3.8) is 0 Å². The molecule has 0 bridgehead atoms. The molecule has 2 aromatic rings. The number of aromatic nitrogens is 2. The number of rotatable bonds is 7. The molecule has 1 heterocycles. The Labute approximate surface area is 152 Å². The van der Waals surface area contributed by atoms with Crippen molar-refractivity contribution in [3.05, 3.63) is 47.4 Å². The molecule has 8 nitrogen and oxygen atoms in total. The second-order valence-corrected chi connectivity index (χ2v) is 5.91. The number of anilines is 2. The molecule has 26 heavy (non-hydrogen) atoms. The normalized spacial score (nSPS) is 10.5. The molecule has 1 aromatic heterocycles. The molecular weight excluding hydrogens is 334 g/mol. The lowest BCUT2D eigenvalue weighted by atomic mass is 10.2. The molecule has 1 aromatic carbocycles. The molecule has 0 atom stereocenters. The summed E-state index contributed by atoms with van der Waals surface area (Å²) in [6.45, 7) is 2.95. The zero-order chi connectivity index (χ0) is 19.1. The van der Waals surface area contributed by atoms with Crippen LogP contribution in [-0.2, 0) is 4.74 Å². The van der Waals surface area contributed by atoms with Crippen LogP contribution >= 0.6 is 0 Å². The van der Waals surface area contributed by atoms with E-state index in [1.54, 1.807) is 37.3 Å². The number of carbonyl (C=O) groups is 2. The molecule has 0 saturated carbocycles. The molecule has 1 amide bonds. The highest BCUT2D eigenvalue weighted by Gasteiger charge is 2.14. The van der Waals surface area contributed by atoms with E-state index in [1.807, 2.05) is 19.0 Å². The first-order chi connectivity index (χ1) is 12.4. The number of methoxy groups -OCH3 is 1. The molecule has 2 rings (SSSR count). The molecule has 0 spiro atoms. The molecule has 0 fully saturated rings. The highest BCUT2D eigenvalue weighted by Crippen LogP contribution is 2.21. The molecular formula is C18H23N5O3. The SMILES string of the molecule is COC(=O)c1ccccc1Nc1cc(C(=O)NCCN(C)C)nc(C)n1. The summed E-state index contributed by atoms with van der Waals surface area (Å²) in [6, 6.07) is 8.47. The molecule has 0 aliphatic heterocycles. The first-order valence-corrected chi connectivity index (χ1v) is 8.13. The maximum Gasteiger partial charge on any atom is 0.339 e. The van der Waals surface area contributed by atoms with Gasteiger partial charge in [0.1, 0.15) is 17.3 Å². The number of aryl methyl sites for hydroxylation is 1. The van der Waals surface area contributed by atoms with Gasteiger partial charge in [-0.25, -0.2) is 14.8 Å². The quantitative estimate of drug-likeness (QED) is 0.727. The summed E-state index contributed by atoms with van der Waals surface area (Å²) in [4.78, 5) is 34.6. The number of likely N-dealkylation sites (N-methyl/N-ethyl adjacent to an activating group) is 1. The third-order valence-electron chi connectivity index (χ3n) is 3.51. The fourth-order valence-corrected chi connectivity index (χ4v) is 2.25. The van der Waals surface area contributed by atoms with Gasteiger partial charge in [0.25, 0.3) is 5.91 Å². The largest absolute Gasteiger partial charge is 0.465 e. The van der Waals surface area contributed by atoms with Crippen molar-refractivity contribution in [1.29, 1.82) is 0 Å². The number of nitrogens with zero attached hydrogens (tertiary/aromatic N) is 3. The van der Waals surface area contributed by atoms with Crippen LogP contribution in [0.3, 0.4) is 0 Å². The minimum atomic E-state index is -0.458. The Morgan fingerprint density at radius 2 is 1.92 bits per heavy atom. The molecule has 0 aliphatic carbocycles. The van der Waals surface area contributed by atoms with Gasteiger partial charge in [-0.15, -0.1) is 0 Å². The van der Waals surface area contributed by atoms with Crippen LogP contribution in [0.2, 0.25) is 0 Å². The lowest BCUT2D eigenvalue weighted by Gasteiger charge is -2.12. The highest BCUT2D eigenvalue weighted by atomic mass is 16.5. The Morgan fingerprint density at radius 3 is 2.62 bits per heavy atom. The summed E-state index contributed by atoms with van der Waals surface area (Å²) in [6.07, 6.45) is 0. The second-order valence-electron chi connectivity index (χ2n) is 5.91. The first-order valence-electron chi connectivity index (χ1n) is 8.13. The predicted octanol–water partition coefficient (Wildman–Crippen LogP) is 1.61. The Balaban J connectivity index is 2.20. The van der Waals surface area contributed by atoms with Gasteiger partial charge in [0.15, 0.2) is 0 Å². The van der Waals surface area contributed by atoms with E-state index in [0.717, 1.165) is 6.54 Å².